The number of carbonyl (C=O) groups is 2. The van der Waals surface area contributed by atoms with Crippen LogP contribution in [0.3, 0.4) is 0 Å². The van der Waals surface area contributed by atoms with E-state index in [0.29, 0.717) is 0 Å². The summed E-state index contributed by atoms with van der Waals surface area (Å²) in [4.78, 5) is 28.3. The van der Waals surface area contributed by atoms with Crippen LogP contribution < -0.4 is 0 Å². The molecule has 0 radical (unpaired) electrons. The molecule has 154 valence electrons. The van der Waals surface area contributed by atoms with Gasteiger partial charge in [0.25, 0.3) is 0 Å². The van der Waals surface area contributed by atoms with E-state index >= 15 is 0 Å². The summed E-state index contributed by atoms with van der Waals surface area (Å²) in [6.07, 6.45) is 10.7. The third-order valence-corrected chi connectivity index (χ3v) is 7.19. The molecule has 0 amide bonds. The minimum Gasteiger partial charge on any atom is -0.293 e. The molecule has 0 aliphatic carbocycles. The molecule has 4 heteroatoms. The third-order valence-electron chi connectivity index (χ3n) is 5.42. The quantitative estimate of drug-likeness (QED) is 0.216. The van der Waals surface area contributed by atoms with Gasteiger partial charge in [-0.25, -0.2) is 0 Å². The Hall–Kier alpha value is -1.26. The van der Waals surface area contributed by atoms with Gasteiger partial charge in [-0.3, -0.25) is 9.59 Å². The van der Waals surface area contributed by atoms with Crippen molar-refractivity contribution in [2.75, 3.05) is 0 Å². The largest absolute Gasteiger partial charge is 0.293 e. The maximum Gasteiger partial charge on any atom is 0.176 e. The maximum atomic E-state index is 13.3. The zero-order valence-corrected chi connectivity index (χ0v) is 19.0. The first-order chi connectivity index (χ1) is 13.7. The van der Waals surface area contributed by atoms with E-state index in [0.717, 1.165) is 48.3 Å². The number of thiophene rings is 2. The van der Waals surface area contributed by atoms with Crippen molar-refractivity contribution in [1.29, 1.82) is 0 Å². The number of carbonyl (C=O) groups excluding carboxylic acids is 2. The molecule has 0 fully saturated rings. The molecular weight excluding hydrogens is 384 g/mol. The van der Waals surface area contributed by atoms with Crippen molar-refractivity contribution in [2.45, 2.75) is 78.1 Å². The van der Waals surface area contributed by atoms with Gasteiger partial charge in [-0.2, -0.15) is 0 Å². The molecule has 0 spiro atoms. The smallest absolute Gasteiger partial charge is 0.176 e. The van der Waals surface area contributed by atoms with Crippen LogP contribution in [0.5, 0.6) is 0 Å². The first-order valence-electron chi connectivity index (χ1n) is 10.8. The van der Waals surface area contributed by atoms with E-state index in [1.807, 2.05) is 35.0 Å². The standard InChI is InChI=1S/C24H34O2S2/c1-3-5-7-9-13-19(23(25)21-15-11-17-27-21)20(14-10-8-6-4-2)24(26)22-16-12-18-28-22/h11-12,15-20H,3-10,13-14H2,1-2H3/t19-,20-/m1/s1. The number of Topliss-reactive ketones (excluding diaryl/α,β-unsaturated/α-hetero) is 2. The average molecular weight is 419 g/mol. The Balaban J connectivity index is 2.21. The molecule has 0 aromatic carbocycles. The van der Waals surface area contributed by atoms with Gasteiger partial charge in [-0.1, -0.05) is 77.3 Å². The number of hydrogen-bond acceptors (Lipinski definition) is 4. The molecule has 0 unspecified atom stereocenters. The summed E-state index contributed by atoms with van der Waals surface area (Å²) >= 11 is 3.01. The molecule has 2 heterocycles. The van der Waals surface area contributed by atoms with Crippen LogP contribution in [0.4, 0.5) is 0 Å². The van der Waals surface area contributed by atoms with Gasteiger partial charge in [0.1, 0.15) is 0 Å². The van der Waals surface area contributed by atoms with E-state index in [4.69, 9.17) is 0 Å². The normalized spacial score (nSPS) is 13.4. The molecule has 0 saturated carbocycles. The van der Waals surface area contributed by atoms with Gasteiger partial charge < -0.3 is 0 Å². The molecule has 0 aliphatic heterocycles. The highest BCUT2D eigenvalue weighted by atomic mass is 32.1. The van der Waals surface area contributed by atoms with Gasteiger partial charge in [-0.15, -0.1) is 22.7 Å². The zero-order chi connectivity index (χ0) is 20.2. The Morgan fingerprint density at radius 3 is 1.46 bits per heavy atom. The Morgan fingerprint density at radius 2 is 1.14 bits per heavy atom. The summed E-state index contributed by atoms with van der Waals surface area (Å²) in [6.45, 7) is 4.40. The highest BCUT2D eigenvalue weighted by Gasteiger charge is 2.34. The van der Waals surface area contributed by atoms with E-state index in [1.54, 1.807) is 0 Å². The summed E-state index contributed by atoms with van der Waals surface area (Å²) in [5, 5.41) is 3.91. The van der Waals surface area contributed by atoms with Crippen LogP contribution in [0.2, 0.25) is 0 Å². The average Bonchev–Trinajstić information content (AvgIpc) is 3.42. The third kappa shape index (κ3) is 6.97. The minimum atomic E-state index is -0.188. The SMILES string of the molecule is CCCCCC[C@@H](C(=O)c1cccs1)[C@@H](CCCCCC)C(=O)c1cccs1. The molecule has 2 aromatic heterocycles. The lowest BCUT2D eigenvalue weighted by Crippen LogP contribution is -2.30. The van der Waals surface area contributed by atoms with Crippen molar-refractivity contribution >= 4 is 34.2 Å². The fourth-order valence-electron chi connectivity index (χ4n) is 3.82. The van der Waals surface area contributed by atoms with Crippen molar-refractivity contribution in [3.63, 3.8) is 0 Å². The Kier molecular flexibility index (Phi) is 10.7. The highest BCUT2D eigenvalue weighted by Crippen LogP contribution is 2.33. The lowest BCUT2D eigenvalue weighted by Gasteiger charge is -2.25. The molecular formula is C24H34O2S2. The fraction of sp³-hybridized carbons (Fsp3) is 0.583. The van der Waals surface area contributed by atoms with Crippen LogP contribution in [0.15, 0.2) is 35.0 Å². The Morgan fingerprint density at radius 1 is 0.714 bits per heavy atom. The van der Waals surface area contributed by atoms with Gasteiger partial charge in [0.2, 0.25) is 0 Å². The van der Waals surface area contributed by atoms with Crippen molar-refractivity contribution in [3.05, 3.63) is 44.8 Å². The second kappa shape index (κ2) is 13.1. The van der Waals surface area contributed by atoms with Crippen LogP contribution in [0, 0.1) is 11.8 Å². The van der Waals surface area contributed by atoms with Gasteiger partial charge in [0, 0.05) is 11.8 Å². The monoisotopic (exact) mass is 418 g/mol. The summed E-state index contributed by atoms with van der Waals surface area (Å²) in [7, 11) is 0. The number of rotatable bonds is 15. The fourth-order valence-corrected chi connectivity index (χ4v) is 5.27. The number of hydrogen-bond donors (Lipinski definition) is 0. The predicted molar refractivity (Wildman–Crippen MR) is 122 cm³/mol. The van der Waals surface area contributed by atoms with Gasteiger partial charge in [-0.05, 0) is 35.7 Å². The highest BCUT2D eigenvalue weighted by molar-refractivity contribution is 7.12. The topological polar surface area (TPSA) is 34.1 Å². The minimum absolute atomic E-state index is 0.178. The Labute approximate surface area is 178 Å². The van der Waals surface area contributed by atoms with Gasteiger partial charge >= 0.3 is 0 Å². The lowest BCUT2D eigenvalue weighted by atomic mass is 9.78. The summed E-state index contributed by atoms with van der Waals surface area (Å²) < 4.78 is 0. The van der Waals surface area contributed by atoms with Crippen LogP contribution in [0.25, 0.3) is 0 Å². The Bertz CT molecular complexity index is 613. The van der Waals surface area contributed by atoms with Crippen LogP contribution in [-0.4, -0.2) is 11.6 Å². The van der Waals surface area contributed by atoms with Gasteiger partial charge in [0.15, 0.2) is 11.6 Å². The van der Waals surface area contributed by atoms with E-state index in [9.17, 15) is 9.59 Å². The first kappa shape index (κ1) is 23.0. The van der Waals surface area contributed by atoms with Crippen LogP contribution in [0.1, 0.15) is 97.4 Å². The number of ketones is 2. The first-order valence-corrected chi connectivity index (χ1v) is 12.6. The van der Waals surface area contributed by atoms with Crippen LogP contribution >= 0.6 is 22.7 Å². The molecule has 2 rings (SSSR count). The molecule has 2 nitrogen and oxygen atoms in total. The molecule has 2 atom stereocenters. The van der Waals surface area contributed by atoms with Crippen LogP contribution in [-0.2, 0) is 0 Å². The maximum absolute atomic E-state index is 13.3. The molecule has 0 saturated heterocycles. The molecule has 28 heavy (non-hydrogen) atoms. The van der Waals surface area contributed by atoms with Crippen molar-refractivity contribution in [2.24, 2.45) is 11.8 Å². The predicted octanol–water partition coefficient (Wildman–Crippen LogP) is 8.05. The molecule has 0 aliphatic rings. The van der Waals surface area contributed by atoms with Gasteiger partial charge in [0.05, 0.1) is 9.75 Å². The van der Waals surface area contributed by atoms with Crippen molar-refractivity contribution in [3.8, 4) is 0 Å². The van der Waals surface area contributed by atoms with E-state index in [1.165, 1.54) is 48.4 Å². The van der Waals surface area contributed by atoms with E-state index in [-0.39, 0.29) is 23.4 Å². The second-order valence-corrected chi connectivity index (χ2v) is 9.49. The summed E-state index contributed by atoms with van der Waals surface area (Å²) in [5.41, 5.74) is 0. The molecule has 2 aromatic rings. The van der Waals surface area contributed by atoms with Crippen molar-refractivity contribution in [1.82, 2.24) is 0 Å². The molecule has 0 bridgehead atoms. The van der Waals surface area contributed by atoms with Crippen molar-refractivity contribution < 1.29 is 9.59 Å². The van der Waals surface area contributed by atoms with E-state index < -0.39 is 0 Å². The number of unbranched alkanes of at least 4 members (excludes halogenated alkanes) is 6. The lowest BCUT2D eigenvalue weighted by molar-refractivity contribution is 0.0745. The molecule has 0 N–H and O–H groups in total. The summed E-state index contributed by atoms with van der Waals surface area (Å²) in [5.74, 6) is -0.0211. The zero-order valence-electron chi connectivity index (χ0n) is 17.3. The second-order valence-electron chi connectivity index (χ2n) is 7.59. The summed E-state index contributed by atoms with van der Waals surface area (Å²) in [6, 6.07) is 7.69. The van der Waals surface area contributed by atoms with E-state index in [2.05, 4.69) is 13.8 Å².